The summed E-state index contributed by atoms with van der Waals surface area (Å²) >= 11 is 0. The smallest absolute Gasteiger partial charge is 0.251 e. The van der Waals surface area contributed by atoms with Crippen molar-refractivity contribution in [2.75, 3.05) is 0 Å². The molecule has 0 fully saturated rings. The predicted molar refractivity (Wildman–Crippen MR) is 63.2 cm³/mol. The molecule has 0 spiro atoms. The molecule has 0 saturated heterocycles. The van der Waals surface area contributed by atoms with Crippen molar-refractivity contribution in [1.29, 1.82) is 0 Å². The lowest BCUT2D eigenvalue weighted by atomic mass is 10.00. The lowest BCUT2D eigenvalue weighted by Crippen LogP contribution is -2.40. The zero-order valence-electron chi connectivity index (χ0n) is 9.64. The molecule has 0 aliphatic rings. The van der Waals surface area contributed by atoms with E-state index < -0.39 is 6.04 Å². The molecule has 86 valence electrons. The van der Waals surface area contributed by atoms with Crippen LogP contribution in [0.2, 0.25) is 0 Å². The maximum Gasteiger partial charge on any atom is 0.251 e. The van der Waals surface area contributed by atoms with Crippen LogP contribution >= 0.6 is 0 Å². The van der Waals surface area contributed by atoms with Crippen molar-refractivity contribution in [3.63, 3.8) is 0 Å². The van der Waals surface area contributed by atoms with Crippen LogP contribution in [0.3, 0.4) is 0 Å². The fourth-order valence-corrected chi connectivity index (χ4v) is 1.39. The van der Waals surface area contributed by atoms with Gasteiger partial charge in [-0.15, -0.1) is 0 Å². The van der Waals surface area contributed by atoms with E-state index >= 15 is 0 Å². The molecule has 0 saturated carbocycles. The maximum atomic E-state index is 11.8. The van der Waals surface area contributed by atoms with Crippen molar-refractivity contribution in [2.45, 2.75) is 26.3 Å². The van der Waals surface area contributed by atoms with Crippen molar-refractivity contribution >= 4 is 12.2 Å². The second-order valence-electron chi connectivity index (χ2n) is 3.89. The van der Waals surface area contributed by atoms with Gasteiger partial charge in [0.05, 0.1) is 6.04 Å². The Morgan fingerprint density at radius 3 is 2.50 bits per heavy atom. The van der Waals surface area contributed by atoms with Gasteiger partial charge in [0.25, 0.3) is 5.91 Å². The second-order valence-corrected chi connectivity index (χ2v) is 3.89. The third-order valence-corrected chi connectivity index (χ3v) is 2.74. The molecule has 0 bridgehead atoms. The Bertz CT molecular complexity index is 348. The monoisotopic (exact) mass is 219 g/mol. The highest BCUT2D eigenvalue weighted by Gasteiger charge is 2.17. The van der Waals surface area contributed by atoms with Crippen molar-refractivity contribution < 1.29 is 9.59 Å². The number of rotatable bonds is 5. The normalized spacial score (nSPS) is 13.9. The maximum absolute atomic E-state index is 11.8. The first-order valence-electron chi connectivity index (χ1n) is 5.50. The van der Waals surface area contributed by atoms with E-state index in [9.17, 15) is 9.59 Å². The van der Waals surface area contributed by atoms with Gasteiger partial charge in [0.1, 0.15) is 6.29 Å². The van der Waals surface area contributed by atoms with Crippen LogP contribution in [0.5, 0.6) is 0 Å². The number of benzene rings is 1. The Labute approximate surface area is 95.9 Å². The van der Waals surface area contributed by atoms with Gasteiger partial charge in [0.2, 0.25) is 0 Å². The molecule has 0 aromatic heterocycles. The second kappa shape index (κ2) is 6.05. The van der Waals surface area contributed by atoms with Crippen molar-refractivity contribution in [2.24, 2.45) is 5.92 Å². The van der Waals surface area contributed by atoms with Gasteiger partial charge in [-0.2, -0.15) is 0 Å². The molecule has 3 nitrogen and oxygen atoms in total. The summed E-state index contributed by atoms with van der Waals surface area (Å²) in [6, 6.07) is 8.50. The standard InChI is InChI=1S/C13H17NO2/c1-3-10(2)12(9-15)14-13(16)11-7-5-4-6-8-11/h4-10,12H,3H2,1-2H3,(H,14,16)/t10-,12+/m0/s1. The van der Waals surface area contributed by atoms with E-state index in [1.807, 2.05) is 19.9 Å². The molecule has 0 aliphatic carbocycles. The van der Waals surface area contributed by atoms with E-state index in [1.54, 1.807) is 24.3 Å². The Balaban J connectivity index is 2.66. The number of nitrogens with one attached hydrogen (secondary N) is 1. The summed E-state index contributed by atoms with van der Waals surface area (Å²) in [7, 11) is 0. The molecule has 0 radical (unpaired) electrons. The summed E-state index contributed by atoms with van der Waals surface area (Å²) in [5.74, 6) is -0.0387. The van der Waals surface area contributed by atoms with Crippen LogP contribution in [0.1, 0.15) is 30.6 Å². The van der Waals surface area contributed by atoms with E-state index in [0.717, 1.165) is 12.7 Å². The highest BCUT2D eigenvalue weighted by Crippen LogP contribution is 2.07. The third-order valence-electron chi connectivity index (χ3n) is 2.74. The molecule has 1 rings (SSSR count). The Morgan fingerprint density at radius 1 is 1.38 bits per heavy atom. The predicted octanol–water partition coefficient (Wildman–Crippen LogP) is 2.03. The molecular weight excluding hydrogens is 202 g/mol. The molecule has 1 aromatic rings. The number of hydrogen-bond donors (Lipinski definition) is 1. The topological polar surface area (TPSA) is 46.2 Å². The number of carbonyl (C=O) groups excluding carboxylic acids is 2. The largest absolute Gasteiger partial charge is 0.342 e. The van der Waals surface area contributed by atoms with E-state index in [4.69, 9.17) is 0 Å². The molecule has 0 heterocycles. The van der Waals surface area contributed by atoms with E-state index in [-0.39, 0.29) is 11.8 Å². The minimum Gasteiger partial charge on any atom is -0.342 e. The number of carbonyl (C=O) groups is 2. The van der Waals surface area contributed by atoms with Crippen molar-refractivity contribution in [3.8, 4) is 0 Å². The van der Waals surface area contributed by atoms with E-state index in [0.29, 0.717) is 5.56 Å². The summed E-state index contributed by atoms with van der Waals surface area (Å²) in [6.45, 7) is 3.94. The van der Waals surface area contributed by atoms with Crippen molar-refractivity contribution in [3.05, 3.63) is 35.9 Å². The minimum absolute atomic E-state index is 0.158. The molecule has 0 unspecified atom stereocenters. The number of hydrogen-bond acceptors (Lipinski definition) is 2. The van der Waals surface area contributed by atoms with Gasteiger partial charge >= 0.3 is 0 Å². The summed E-state index contributed by atoms with van der Waals surface area (Å²) in [4.78, 5) is 22.6. The number of aldehydes is 1. The molecule has 16 heavy (non-hydrogen) atoms. The van der Waals surface area contributed by atoms with Gasteiger partial charge in [-0.05, 0) is 18.1 Å². The van der Waals surface area contributed by atoms with E-state index in [2.05, 4.69) is 5.32 Å². The average Bonchev–Trinajstić information content (AvgIpc) is 2.35. The SMILES string of the molecule is CC[C@H](C)[C@@H](C=O)NC(=O)c1ccccc1. The van der Waals surface area contributed by atoms with Crippen molar-refractivity contribution in [1.82, 2.24) is 5.32 Å². The molecular formula is C13H17NO2. The Hall–Kier alpha value is -1.64. The van der Waals surface area contributed by atoms with Crippen LogP contribution in [0.25, 0.3) is 0 Å². The summed E-state index contributed by atoms with van der Waals surface area (Å²) in [5, 5.41) is 2.73. The van der Waals surface area contributed by atoms with Crippen LogP contribution in [0, 0.1) is 5.92 Å². The first-order chi connectivity index (χ1) is 7.69. The molecule has 3 heteroatoms. The highest BCUT2D eigenvalue weighted by atomic mass is 16.2. The van der Waals surface area contributed by atoms with E-state index in [1.165, 1.54) is 0 Å². The summed E-state index contributed by atoms with van der Waals surface area (Å²) in [5.41, 5.74) is 0.581. The Morgan fingerprint density at radius 2 is 2.00 bits per heavy atom. The molecule has 1 N–H and O–H groups in total. The number of amides is 1. The van der Waals surface area contributed by atoms with Gasteiger partial charge in [-0.3, -0.25) is 4.79 Å². The van der Waals surface area contributed by atoms with Gasteiger partial charge in [-0.1, -0.05) is 38.5 Å². The van der Waals surface area contributed by atoms with Crippen LogP contribution < -0.4 is 5.32 Å². The molecule has 0 aliphatic heterocycles. The third kappa shape index (κ3) is 3.19. The zero-order valence-corrected chi connectivity index (χ0v) is 9.64. The fraction of sp³-hybridized carbons (Fsp3) is 0.385. The summed E-state index contributed by atoms with van der Waals surface area (Å²) in [6.07, 6.45) is 1.66. The van der Waals surface area contributed by atoms with Crippen LogP contribution in [-0.4, -0.2) is 18.2 Å². The first kappa shape index (κ1) is 12.4. The van der Waals surface area contributed by atoms with Crippen LogP contribution in [0.15, 0.2) is 30.3 Å². The molecule has 2 atom stereocenters. The molecule has 1 aromatic carbocycles. The molecule has 1 amide bonds. The van der Waals surface area contributed by atoms with Crippen LogP contribution in [0.4, 0.5) is 0 Å². The zero-order chi connectivity index (χ0) is 12.0. The summed E-state index contributed by atoms with van der Waals surface area (Å²) < 4.78 is 0. The van der Waals surface area contributed by atoms with Gasteiger partial charge < -0.3 is 10.1 Å². The quantitative estimate of drug-likeness (QED) is 0.770. The van der Waals surface area contributed by atoms with Gasteiger partial charge in [0.15, 0.2) is 0 Å². The first-order valence-corrected chi connectivity index (χ1v) is 5.50. The Kier molecular flexibility index (Phi) is 4.70. The van der Waals surface area contributed by atoms with Gasteiger partial charge in [0, 0.05) is 5.56 Å². The average molecular weight is 219 g/mol. The highest BCUT2D eigenvalue weighted by molar-refractivity contribution is 5.95. The van der Waals surface area contributed by atoms with Crippen LogP contribution in [-0.2, 0) is 4.79 Å². The van der Waals surface area contributed by atoms with Gasteiger partial charge in [-0.25, -0.2) is 0 Å². The minimum atomic E-state index is -0.405. The fourth-order valence-electron chi connectivity index (χ4n) is 1.39. The lowest BCUT2D eigenvalue weighted by Gasteiger charge is -2.18. The lowest BCUT2D eigenvalue weighted by molar-refractivity contribution is -0.110.